The molecular formula is C13H29N3. The molecule has 0 saturated carbocycles. The van der Waals surface area contributed by atoms with Gasteiger partial charge in [-0.1, -0.05) is 26.7 Å². The van der Waals surface area contributed by atoms with Crippen molar-refractivity contribution in [2.45, 2.75) is 45.6 Å². The van der Waals surface area contributed by atoms with Crippen LogP contribution >= 0.6 is 0 Å². The summed E-state index contributed by atoms with van der Waals surface area (Å²) in [6, 6.07) is 0.623. The van der Waals surface area contributed by atoms with Crippen molar-refractivity contribution in [2.75, 3.05) is 39.3 Å². The smallest absolute Gasteiger partial charge is 0.0219 e. The Balaban J connectivity index is 2.24. The first-order chi connectivity index (χ1) is 7.81. The minimum Gasteiger partial charge on any atom is -0.329 e. The maximum Gasteiger partial charge on any atom is 0.0219 e. The number of piperazine rings is 1. The SMILES string of the molecule is CCCCN1CCN(C(CN)CCC)CC1. The van der Waals surface area contributed by atoms with Gasteiger partial charge in [0.25, 0.3) is 0 Å². The predicted octanol–water partition coefficient (Wildman–Crippen LogP) is 1.53. The minimum absolute atomic E-state index is 0.623. The normalized spacial score (nSPS) is 21.2. The minimum atomic E-state index is 0.623. The second-order valence-electron chi connectivity index (χ2n) is 4.91. The van der Waals surface area contributed by atoms with Crippen molar-refractivity contribution >= 4 is 0 Å². The van der Waals surface area contributed by atoms with E-state index < -0.39 is 0 Å². The molecule has 96 valence electrons. The van der Waals surface area contributed by atoms with Gasteiger partial charge in [-0.05, 0) is 19.4 Å². The summed E-state index contributed by atoms with van der Waals surface area (Å²) < 4.78 is 0. The van der Waals surface area contributed by atoms with Crippen LogP contribution in [0.4, 0.5) is 0 Å². The molecule has 2 N–H and O–H groups in total. The van der Waals surface area contributed by atoms with E-state index in [4.69, 9.17) is 5.73 Å². The van der Waals surface area contributed by atoms with Gasteiger partial charge in [-0.2, -0.15) is 0 Å². The third-order valence-electron chi connectivity index (χ3n) is 3.65. The highest BCUT2D eigenvalue weighted by molar-refractivity contribution is 4.78. The molecule has 1 aliphatic rings. The Morgan fingerprint density at radius 1 is 1.06 bits per heavy atom. The summed E-state index contributed by atoms with van der Waals surface area (Å²) in [5.41, 5.74) is 5.85. The Morgan fingerprint density at radius 3 is 2.25 bits per heavy atom. The Bertz CT molecular complexity index is 165. The number of nitrogens with two attached hydrogens (primary N) is 1. The summed E-state index contributed by atoms with van der Waals surface area (Å²) in [6.45, 7) is 11.5. The molecule has 0 aromatic rings. The van der Waals surface area contributed by atoms with Crippen molar-refractivity contribution in [3.8, 4) is 0 Å². The molecule has 3 heteroatoms. The van der Waals surface area contributed by atoms with E-state index >= 15 is 0 Å². The average Bonchev–Trinajstić information content (AvgIpc) is 2.34. The highest BCUT2D eigenvalue weighted by atomic mass is 15.3. The number of unbranched alkanes of at least 4 members (excludes halogenated alkanes) is 1. The van der Waals surface area contributed by atoms with E-state index in [9.17, 15) is 0 Å². The van der Waals surface area contributed by atoms with Crippen molar-refractivity contribution in [2.24, 2.45) is 5.73 Å². The largest absolute Gasteiger partial charge is 0.329 e. The molecule has 1 saturated heterocycles. The van der Waals surface area contributed by atoms with Crippen LogP contribution < -0.4 is 5.73 Å². The van der Waals surface area contributed by atoms with Gasteiger partial charge in [-0.3, -0.25) is 4.90 Å². The standard InChI is InChI=1S/C13H29N3/c1-3-5-7-15-8-10-16(11-9-15)13(12-14)6-4-2/h13H,3-12,14H2,1-2H3. The molecule has 3 nitrogen and oxygen atoms in total. The predicted molar refractivity (Wildman–Crippen MR) is 70.7 cm³/mol. The molecule has 1 rings (SSSR count). The highest BCUT2D eigenvalue weighted by Gasteiger charge is 2.21. The number of hydrogen-bond donors (Lipinski definition) is 1. The van der Waals surface area contributed by atoms with Crippen molar-refractivity contribution < 1.29 is 0 Å². The lowest BCUT2D eigenvalue weighted by Crippen LogP contribution is -2.52. The molecule has 1 atom stereocenters. The molecule has 1 heterocycles. The van der Waals surface area contributed by atoms with Crippen LogP contribution in [0, 0.1) is 0 Å². The maximum absolute atomic E-state index is 5.85. The Hall–Kier alpha value is -0.120. The van der Waals surface area contributed by atoms with E-state index in [0.717, 1.165) is 6.54 Å². The lowest BCUT2D eigenvalue weighted by atomic mass is 10.1. The quantitative estimate of drug-likeness (QED) is 0.716. The Kier molecular flexibility index (Phi) is 7.01. The van der Waals surface area contributed by atoms with Gasteiger partial charge in [0.2, 0.25) is 0 Å². The molecule has 1 fully saturated rings. The van der Waals surface area contributed by atoms with Gasteiger partial charge in [-0.25, -0.2) is 0 Å². The topological polar surface area (TPSA) is 32.5 Å². The third kappa shape index (κ3) is 4.40. The molecule has 0 spiro atoms. The monoisotopic (exact) mass is 227 g/mol. The van der Waals surface area contributed by atoms with Gasteiger partial charge in [0.05, 0.1) is 0 Å². The van der Waals surface area contributed by atoms with Crippen LogP contribution in [-0.4, -0.2) is 55.1 Å². The van der Waals surface area contributed by atoms with E-state index in [-0.39, 0.29) is 0 Å². The first-order valence-electron chi connectivity index (χ1n) is 6.98. The maximum atomic E-state index is 5.85. The molecule has 1 unspecified atom stereocenters. The molecule has 0 aromatic heterocycles. The Labute approximate surface area is 101 Å². The molecule has 0 aliphatic carbocycles. The van der Waals surface area contributed by atoms with Gasteiger partial charge >= 0.3 is 0 Å². The van der Waals surface area contributed by atoms with Crippen LogP contribution in [0.15, 0.2) is 0 Å². The first kappa shape index (κ1) is 13.9. The summed E-state index contributed by atoms with van der Waals surface area (Å²) >= 11 is 0. The molecule has 0 bridgehead atoms. The zero-order valence-corrected chi connectivity index (χ0v) is 11.1. The molecule has 0 aromatic carbocycles. The Morgan fingerprint density at radius 2 is 1.75 bits per heavy atom. The van der Waals surface area contributed by atoms with E-state index in [1.54, 1.807) is 0 Å². The van der Waals surface area contributed by atoms with Gasteiger partial charge < -0.3 is 10.6 Å². The van der Waals surface area contributed by atoms with Crippen LogP contribution in [0.25, 0.3) is 0 Å². The van der Waals surface area contributed by atoms with Gasteiger partial charge in [0, 0.05) is 38.8 Å². The fraction of sp³-hybridized carbons (Fsp3) is 1.00. The highest BCUT2D eigenvalue weighted by Crippen LogP contribution is 2.10. The number of hydrogen-bond acceptors (Lipinski definition) is 3. The average molecular weight is 227 g/mol. The summed E-state index contributed by atoms with van der Waals surface area (Å²) in [5, 5.41) is 0. The number of rotatable bonds is 7. The molecular weight excluding hydrogens is 198 g/mol. The summed E-state index contributed by atoms with van der Waals surface area (Å²) in [7, 11) is 0. The summed E-state index contributed by atoms with van der Waals surface area (Å²) in [6.07, 6.45) is 5.15. The fourth-order valence-electron chi connectivity index (χ4n) is 2.52. The third-order valence-corrected chi connectivity index (χ3v) is 3.65. The molecule has 16 heavy (non-hydrogen) atoms. The van der Waals surface area contributed by atoms with Crippen LogP contribution in [0.1, 0.15) is 39.5 Å². The second-order valence-corrected chi connectivity index (χ2v) is 4.91. The van der Waals surface area contributed by atoms with Crippen molar-refractivity contribution in [1.29, 1.82) is 0 Å². The number of nitrogens with zero attached hydrogens (tertiary/aromatic N) is 2. The van der Waals surface area contributed by atoms with E-state index in [1.165, 1.54) is 58.4 Å². The lowest BCUT2D eigenvalue weighted by molar-refractivity contribution is 0.0938. The van der Waals surface area contributed by atoms with Crippen molar-refractivity contribution in [3.05, 3.63) is 0 Å². The van der Waals surface area contributed by atoms with Crippen LogP contribution in [0.2, 0.25) is 0 Å². The zero-order chi connectivity index (χ0) is 11.8. The lowest BCUT2D eigenvalue weighted by Gasteiger charge is -2.39. The zero-order valence-electron chi connectivity index (χ0n) is 11.1. The van der Waals surface area contributed by atoms with Crippen LogP contribution in [0.5, 0.6) is 0 Å². The van der Waals surface area contributed by atoms with Gasteiger partial charge in [0.15, 0.2) is 0 Å². The second kappa shape index (κ2) is 8.04. The van der Waals surface area contributed by atoms with Crippen LogP contribution in [-0.2, 0) is 0 Å². The van der Waals surface area contributed by atoms with Crippen molar-refractivity contribution in [1.82, 2.24) is 9.80 Å². The fourth-order valence-corrected chi connectivity index (χ4v) is 2.52. The molecule has 1 aliphatic heterocycles. The first-order valence-corrected chi connectivity index (χ1v) is 6.98. The summed E-state index contributed by atoms with van der Waals surface area (Å²) in [5.74, 6) is 0. The molecule has 0 radical (unpaired) electrons. The molecule has 0 amide bonds. The van der Waals surface area contributed by atoms with Crippen LogP contribution in [0.3, 0.4) is 0 Å². The van der Waals surface area contributed by atoms with E-state index in [2.05, 4.69) is 23.6 Å². The van der Waals surface area contributed by atoms with E-state index in [1.807, 2.05) is 0 Å². The van der Waals surface area contributed by atoms with E-state index in [0.29, 0.717) is 6.04 Å². The van der Waals surface area contributed by atoms with Gasteiger partial charge in [0.1, 0.15) is 0 Å². The summed E-state index contributed by atoms with van der Waals surface area (Å²) in [4.78, 5) is 5.19. The van der Waals surface area contributed by atoms with Gasteiger partial charge in [-0.15, -0.1) is 0 Å². The van der Waals surface area contributed by atoms with Crippen molar-refractivity contribution in [3.63, 3.8) is 0 Å².